The molecule has 0 atom stereocenters. The number of carbonyl (C=O) groups is 1. The second kappa shape index (κ2) is 16.4. The fourth-order valence-electron chi connectivity index (χ4n) is 6.28. The molecule has 7 nitrogen and oxygen atoms in total. The molecule has 0 saturated heterocycles. The normalized spacial score (nSPS) is 11.7. The summed E-state index contributed by atoms with van der Waals surface area (Å²) in [6.45, 7) is 2.37. The first-order chi connectivity index (χ1) is 24.6. The van der Waals surface area contributed by atoms with E-state index in [0.717, 1.165) is 43.7 Å². The molecule has 0 unspecified atom stereocenters. The van der Waals surface area contributed by atoms with Crippen LogP contribution in [0.15, 0.2) is 126 Å². The third-order valence-electron chi connectivity index (χ3n) is 8.60. The van der Waals surface area contributed by atoms with Crippen molar-refractivity contribution < 1.29 is 23.1 Å². The van der Waals surface area contributed by atoms with Gasteiger partial charge in [-0.1, -0.05) is 96.0 Å². The molecule has 0 amide bonds. The Labute approximate surface area is 312 Å². The van der Waals surface area contributed by atoms with E-state index in [4.69, 9.17) is 27.9 Å². The molecular formula is C40H36Cl2N2O5S2. The molecule has 2 N–H and O–H groups in total. The number of nitrogens with one attached hydrogen (secondary N) is 1. The van der Waals surface area contributed by atoms with E-state index >= 15 is 0 Å². The number of aromatic nitrogens is 1. The zero-order valence-corrected chi connectivity index (χ0v) is 30.9. The van der Waals surface area contributed by atoms with Gasteiger partial charge in [-0.25, -0.2) is 17.9 Å². The van der Waals surface area contributed by atoms with Crippen LogP contribution < -0.4 is 9.46 Å². The molecule has 51 heavy (non-hydrogen) atoms. The molecule has 0 aliphatic carbocycles. The van der Waals surface area contributed by atoms with E-state index in [0.29, 0.717) is 35.2 Å². The van der Waals surface area contributed by atoms with Crippen LogP contribution in [0.3, 0.4) is 0 Å². The lowest BCUT2D eigenvalue weighted by atomic mass is 9.97. The summed E-state index contributed by atoms with van der Waals surface area (Å²) in [5, 5.41) is 11.2. The van der Waals surface area contributed by atoms with Crippen LogP contribution in [0.2, 0.25) is 10.0 Å². The average Bonchev–Trinajstić information content (AvgIpc) is 3.40. The number of fused-ring (bicyclic) bond motifs is 1. The van der Waals surface area contributed by atoms with Gasteiger partial charge in [-0.05, 0) is 77.7 Å². The highest BCUT2D eigenvalue weighted by molar-refractivity contribution is 8.11. The van der Waals surface area contributed by atoms with Crippen LogP contribution in [0, 0.1) is 6.92 Å². The lowest BCUT2D eigenvalue weighted by molar-refractivity contribution is 0.0697. The zero-order chi connectivity index (χ0) is 36.0. The first-order valence-electron chi connectivity index (χ1n) is 16.3. The number of halogens is 2. The molecule has 0 bridgehead atoms. The summed E-state index contributed by atoms with van der Waals surface area (Å²) in [7, 11) is -3.68. The molecule has 1 aromatic heterocycles. The number of thioether (sulfide) groups is 1. The Hall–Kier alpha value is -4.25. The van der Waals surface area contributed by atoms with Crippen LogP contribution in [0.5, 0.6) is 5.75 Å². The van der Waals surface area contributed by atoms with Gasteiger partial charge in [0.15, 0.2) is 0 Å². The Kier molecular flexibility index (Phi) is 11.7. The minimum atomic E-state index is -3.68. The molecular weight excluding hydrogens is 723 g/mol. The molecule has 0 radical (unpaired) electrons. The van der Waals surface area contributed by atoms with Crippen LogP contribution in [-0.2, 0) is 22.9 Å². The maximum absolute atomic E-state index is 13.3. The van der Waals surface area contributed by atoms with Gasteiger partial charge in [0.2, 0.25) is 10.0 Å². The van der Waals surface area contributed by atoms with Crippen molar-refractivity contribution in [3.05, 3.63) is 165 Å². The molecule has 0 aliphatic heterocycles. The van der Waals surface area contributed by atoms with E-state index in [9.17, 15) is 18.3 Å². The summed E-state index contributed by atoms with van der Waals surface area (Å²) in [4.78, 5) is 12.1. The standard InChI is InChI=1S/C40H36Cl2N2O5S2/c1-27-9-8-14-35(42)39(27)50-26-51(47,48)43-23-21-37-33(22-24-49-32-18-15-30(16-19-32)40(45)46)34-25-31(41)17-20-36(34)44(37)38(28-10-4-2-5-11-28)29-12-6-3-7-13-29/h2-20,25,38,43H,21-24,26H2,1H3,(H,45,46). The number of hydrogen-bond donors (Lipinski definition) is 2. The Bertz CT molecular complexity index is 2190. The zero-order valence-electron chi connectivity index (χ0n) is 27.8. The second-order valence-electron chi connectivity index (χ2n) is 12.0. The minimum absolute atomic E-state index is 0.162. The van der Waals surface area contributed by atoms with E-state index < -0.39 is 16.0 Å². The Morgan fingerprint density at radius 1 is 0.863 bits per heavy atom. The Morgan fingerprint density at radius 3 is 2.16 bits per heavy atom. The van der Waals surface area contributed by atoms with Gasteiger partial charge in [0.25, 0.3) is 0 Å². The highest BCUT2D eigenvalue weighted by Crippen LogP contribution is 2.38. The number of aromatic carboxylic acids is 1. The summed E-state index contributed by atoms with van der Waals surface area (Å²) in [5.74, 6) is -0.454. The number of hydrogen-bond acceptors (Lipinski definition) is 5. The highest BCUT2D eigenvalue weighted by atomic mass is 35.5. The van der Waals surface area contributed by atoms with Gasteiger partial charge in [-0.3, -0.25) is 0 Å². The second-order valence-corrected chi connectivity index (χ2v) is 16.0. The summed E-state index contributed by atoms with van der Waals surface area (Å²) < 4.78 is 37.9. The number of ether oxygens (including phenoxy) is 1. The maximum atomic E-state index is 13.3. The lowest BCUT2D eigenvalue weighted by Crippen LogP contribution is -2.28. The van der Waals surface area contributed by atoms with Crippen molar-refractivity contribution in [1.29, 1.82) is 0 Å². The summed E-state index contributed by atoms with van der Waals surface area (Å²) >= 11 is 14.2. The van der Waals surface area contributed by atoms with Gasteiger partial charge in [0.1, 0.15) is 10.8 Å². The topological polar surface area (TPSA) is 97.6 Å². The summed E-state index contributed by atoms with van der Waals surface area (Å²) in [5.41, 5.74) is 6.15. The first-order valence-corrected chi connectivity index (χ1v) is 19.7. The summed E-state index contributed by atoms with van der Waals surface area (Å²) in [6.07, 6.45) is 0.880. The smallest absolute Gasteiger partial charge is 0.335 e. The average molecular weight is 760 g/mol. The van der Waals surface area contributed by atoms with Crippen molar-refractivity contribution in [1.82, 2.24) is 9.29 Å². The number of sulfonamides is 1. The molecule has 262 valence electrons. The highest BCUT2D eigenvalue weighted by Gasteiger charge is 2.26. The number of aryl methyl sites for hydroxylation is 1. The van der Waals surface area contributed by atoms with E-state index in [-0.39, 0.29) is 23.2 Å². The van der Waals surface area contributed by atoms with Crippen molar-refractivity contribution >= 4 is 61.9 Å². The Balaban J connectivity index is 1.37. The molecule has 0 saturated carbocycles. The van der Waals surface area contributed by atoms with E-state index in [1.165, 1.54) is 23.9 Å². The summed E-state index contributed by atoms with van der Waals surface area (Å²) in [6, 6.07) is 37.9. The molecule has 0 fully saturated rings. The van der Waals surface area contributed by atoms with Gasteiger partial charge in [0, 0.05) is 45.9 Å². The van der Waals surface area contributed by atoms with Crippen LogP contribution in [0.1, 0.15) is 44.3 Å². The quantitative estimate of drug-likeness (QED) is 0.101. The minimum Gasteiger partial charge on any atom is -0.493 e. The monoisotopic (exact) mass is 758 g/mol. The third kappa shape index (κ3) is 8.80. The number of carboxylic acid groups (broad SMARTS) is 1. The predicted molar refractivity (Wildman–Crippen MR) is 207 cm³/mol. The molecule has 6 aromatic rings. The van der Waals surface area contributed by atoms with E-state index in [2.05, 4.69) is 33.6 Å². The van der Waals surface area contributed by atoms with Crippen LogP contribution in [0.25, 0.3) is 10.9 Å². The van der Waals surface area contributed by atoms with Gasteiger partial charge < -0.3 is 14.4 Å². The number of carboxylic acids is 1. The molecule has 5 aromatic carbocycles. The van der Waals surface area contributed by atoms with Crippen molar-refractivity contribution in [2.24, 2.45) is 0 Å². The van der Waals surface area contributed by atoms with Gasteiger partial charge >= 0.3 is 5.97 Å². The van der Waals surface area contributed by atoms with Crippen LogP contribution in [0.4, 0.5) is 0 Å². The van der Waals surface area contributed by atoms with E-state index in [1.807, 2.05) is 73.7 Å². The molecule has 11 heteroatoms. The van der Waals surface area contributed by atoms with Gasteiger partial charge in [0.05, 0.1) is 23.2 Å². The fraction of sp³-hybridized carbons (Fsp3) is 0.175. The molecule has 0 aliphatic rings. The van der Waals surface area contributed by atoms with Crippen molar-refractivity contribution in [2.75, 3.05) is 18.2 Å². The molecule has 0 spiro atoms. The number of nitrogens with zero attached hydrogens (tertiary/aromatic N) is 1. The first kappa shape index (κ1) is 36.5. The SMILES string of the molecule is Cc1cccc(Cl)c1SCS(=O)(=O)NCCc1c(CCOc2ccc(C(=O)O)cc2)c2cc(Cl)ccc2n1C(c1ccccc1)c1ccccc1. The maximum Gasteiger partial charge on any atom is 0.335 e. The predicted octanol–water partition coefficient (Wildman–Crippen LogP) is 9.43. The van der Waals surface area contributed by atoms with Gasteiger partial charge in [-0.15, -0.1) is 11.8 Å². The van der Waals surface area contributed by atoms with Crippen LogP contribution in [-0.4, -0.2) is 42.3 Å². The van der Waals surface area contributed by atoms with Crippen LogP contribution >= 0.6 is 35.0 Å². The van der Waals surface area contributed by atoms with E-state index in [1.54, 1.807) is 18.2 Å². The van der Waals surface area contributed by atoms with Crippen molar-refractivity contribution in [3.8, 4) is 5.75 Å². The largest absolute Gasteiger partial charge is 0.493 e. The Morgan fingerprint density at radius 2 is 1.53 bits per heavy atom. The lowest BCUT2D eigenvalue weighted by Gasteiger charge is -2.25. The number of benzene rings is 5. The molecule has 6 rings (SSSR count). The number of rotatable bonds is 15. The van der Waals surface area contributed by atoms with Crippen molar-refractivity contribution in [3.63, 3.8) is 0 Å². The third-order valence-corrected chi connectivity index (χ3v) is 12.4. The molecule has 1 heterocycles. The van der Waals surface area contributed by atoms with Crippen molar-refractivity contribution in [2.45, 2.75) is 30.7 Å². The van der Waals surface area contributed by atoms with Gasteiger partial charge in [-0.2, -0.15) is 0 Å². The fourth-order valence-corrected chi connectivity index (χ4v) is 9.18.